The van der Waals surface area contributed by atoms with Gasteiger partial charge in [0.1, 0.15) is 5.75 Å². The van der Waals surface area contributed by atoms with Crippen LogP contribution in [-0.2, 0) is 0 Å². The van der Waals surface area contributed by atoms with Gasteiger partial charge in [-0.1, -0.05) is 32.0 Å². The lowest BCUT2D eigenvalue weighted by Crippen LogP contribution is -2.41. The molecular weight excluding hydrogens is 318 g/mol. The summed E-state index contributed by atoms with van der Waals surface area (Å²) in [7, 11) is 0. The molecule has 1 heterocycles. The fraction of sp³-hybridized carbons (Fsp3) is 0.524. The van der Waals surface area contributed by atoms with Crippen molar-refractivity contribution in [2.45, 2.75) is 64.3 Å². The Bertz CT molecular complexity index is 773. The van der Waals surface area contributed by atoms with Crippen LogP contribution in [0.4, 0.5) is 5.69 Å². The fourth-order valence-electron chi connectivity index (χ4n) is 3.80. The maximum absolute atomic E-state index is 10.6. The van der Waals surface area contributed by atoms with E-state index >= 15 is 0 Å². The van der Waals surface area contributed by atoms with Gasteiger partial charge in [-0.2, -0.15) is 0 Å². The standard InChI is InChI=1S/C21H28ClNO/c1-12(2)14-7-8-15-16(9-14)20-17(13(3)22)11-23(21(4,5)6)18(20)10-19(15)24/h7-10,12-13,17,24H,11H2,1-6H3/t13-,17+/m1/s1. The van der Waals surface area contributed by atoms with Gasteiger partial charge >= 0.3 is 0 Å². The Morgan fingerprint density at radius 3 is 2.33 bits per heavy atom. The van der Waals surface area contributed by atoms with Crippen molar-refractivity contribution in [1.82, 2.24) is 0 Å². The van der Waals surface area contributed by atoms with Gasteiger partial charge in [-0.25, -0.2) is 0 Å². The molecule has 0 amide bonds. The normalized spacial score (nSPS) is 19.2. The third kappa shape index (κ3) is 2.75. The molecule has 0 fully saturated rings. The molecule has 2 aromatic rings. The Balaban J connectivity index is 2.34. The molecule has 0 aliphatic carbocycles. The minimum Gasteiger partial charge on any atom is -0.507 e. The third-order valence-electron chi connectivity index (χ3n) is 5.23. The molecule has 0 saturated heterocycles. The maximum Gasteiger partial charge on any atom is 0.125 e. The second-order valence-corrected chi connectivity index (χ2v) is 9.04. The number of phenolic OH excluding ortho intramolecular Hbond substituents is 1. The maximum atomic E-state index is 10.6. The molecule has 1 aliphatic rings. The summed E-state index contributed by atoms with van der Waals surface area (Å²) in [6.07, 6.45) is 0. The van der Waals surface area contributed by atoms with Crippen molar-refractivity contribution < 1.29 is 5.11 Å². The Hall–Kier alpha value is -1.41. The zero-order valence-electron chi connectivity index (χ0n) is 15.5. The lowest BCUT2D eigenvalue weighted by molar-refractivity contribution is 0.479. The van der Waals surface area contributed by atoms with Gasteiger partial charge in [-0.15, -0.1) is 11.6 Å². The van der Waals surface area contributed by atoms with Crippen LogP contribution in [-0.4, -0.2) is 22.6 Å². The first-order chi connectivity index (χ1) is 11.1. The molecule has 0 bridgehead atoms. The van der Waals surface area contributed by atoms with Crippen LogP contribution >= 0.6 is 11.6 Å². The molecule has 0 radical (unpaired) electrons. The summed E-state index contributed by atoms with van der Waals surface area (Å²) >= 11 is 6.58. The van der Waals surface area contributed by atoms with Crippen molar-refractivity contribution >= 4 is 28.1 Å². The van der Waals surface area contributed by atoms with Crippen LogP contribution in [0.2, 0.25) is 0 Å². The number of alkyl halides is 1. The van der Waals surface area contributed by atoms with Crippen molar-refractivity contribution in [3.63, 3.8) is 0 Å². The van der Waals surface area contributed by atoms with E-state index < -0.39 is 0 Å². The van der Waals surface area contributed by atoms with E-state index in [0.29, 0.717) is 11.7 Å². The largest absolute Gasteiger partial charge is 0.507 e. The van der Waals surface area contributed by atoms with Crippen LogP contribution in [0.5, 0.6) is 5.75 Å². The van der Waals surface area contributed by atoms with Gasteiger partial charge < -0.3 is 10.0 Å². The quantitative estimate of drug-likeness (QED) is 0.675. The SMILES string of the molecule is CC(C)c1ccc2c(O)cc3c(c2c1)[C@H]([C@@H](C)Cl)CN3C(C)(C)C. The van der Waals surface area contributed by atoms with Gasteiger partial charge in [-0.3, -0.25) is 0 Å². The van der Waals surface area contributed by atoms with E-state index in [2.05, 4.69) is 64.6 Å². The monoisotopic (exact) mass is 345 g/mol. The van der Waals surface area contributed by atoms with Gasteiger partial charge in [0, 0.05) is 40.5 Å². The van der Waals surface area contributed by atoms with E-state index in [4.69, 9.17) is 11.6 Å². The number of hydrogen-bond acceptors (Lipinski definition) is 2. The predicted molar refractivity (Wildman–Crippen MR) is 105 cm³/mol. The number of nitrogens with zero attached hydrogens (tertiary/aromatic N) is 1. The molecule has 0 aromatic heterocycles. The molecule has 0 spiro atoms. The van der Waals surface area contributed by atoms with Gasteiger partial charge in [0.05, 0.1) is 0 Å². The number of anilines is 1. The summed E-state index contributed by atoms with van der Waals surface area (Å²) < 4.78 is 0. The average molecular weight is 346 g/mol. The highest BCUT2D eigenvalue weighted by Crippen LogP contribution is 2.49. The molecule has 3 rings (SSSR count). The first-order valence-corrected chi connectivity index (χ1v) is 9.26. The highest BCUT2D eigenvalue weighted by atomic mass is 35.5. The minimum atomic E-state index is -0.00888. The van der Waals surface area contributed by atoms with E-state index in [1.54, 1.807) is 0 Å². The van der Waals surface area contributed by atoms with E-state index in [1.807, 2.05) is 6.07 Å². The van der Waals surface area contributed by atoms with Crippen LogP contribution in [0, 0.1) is 0 Å². The average Bonchev–Trinajstić information content (AvgIpc) is 2.86. The van der Waals surface area contributed by atoms with Crippen molar-refractivity contribution in [2.75, 3.05) is 11.4 Å². The Kier molecular flexibility index (Phi) is 4.24. The highest BCUT2D eigenvalue weighted by molar-refractivity contribution is 6.21. The van der Waals surface area contributed by atoms with Crippen LogP contribution in [0.25, 0.3) is 10.8 Å². The van der Waals surface area contributed by atoms with Crippen LogP contribution < -0.4 is 4.90 Å². The number of benzene rings is 2. The Morgan fingerprint density at radius 1 is 1.12 bits per heavy atom. The van der Waals surface area contributed by atoms with Crippen molar-refractivity contribution in [3.8, 4) is 5.75 Å². The number of fused-ring (bicyclic) bond motifs is 3. The second-order valence-electron chi connectivity index (χ2n) is 8.35. The molecule has 0 saturated carbocycles. The molecule has 2 atom stereocenters. The minimum absolute atomic E-state index is 0.00888. The molecule has 1 N–H and O–H groups in total. The number of rotatable bonds is 2. The van der Waals surface area contributed by atoms with E-state index in [0.717, 1.165) is 23.0 Å². The van der Waals surface area contributed by atoms with Crippen LogP contribution in [0.15, 0.2) is 24.3 Å². The number of aromatic hydroxyl groups is 1. The Morgan fingerprint density at radius 2 is 1.79 bits per heavy atom. The summed E-state index contributed by atoms with van der Waals surface area (Å²) in [5.74, 6) is 1.09. The smallest absolute Gasteiger partial charge is 0.125 e. The van der Waals surface area contributed by atoms with E-state index in [9.17, 15) is 5.11 Å². The van der Waals surface area contributed by atoms with Gasteiger partial charge in [0.2, 0.25) is 0 Å². The van der Waals surface area contributed by atoms with Gasteiger partial charge in [0.15, 0.2) is 0 Å². The summed E-state index contributed by atoms with van der Waals surface area (Å²) in [5, 5.41) is 12.7. The topological polar surface area (TPSA) is 23.5 Å². The zero-order valence-corrected chi connectivity index (χ0v) is 16.3. The van der Waals surface area contributed by atoms with E-state index in [-0.39, 0.29) is 16.8 Å². The van der Waals surface area contributed by atoms with E-state index in [1.165, 1.54) is 11.1 Å². The van der Waals surface area contributed by atoms with Crippen molar-refractivity contribution in [3.05, 3.63) is 35.4 Å². The van der Waals surface area contributed by atoms with Crippen molar-refractivity contribution in [2.24, 2.45) is 0 Å². The summed E-state index contributed by atoms with van der Waals surface area (Å²) in [6, 6.07) is 8.35. The molecule has 0 unspecified atom stereocenters. The molecule has 1 aliphatic heterocycles. The first-order valence-electron chi connectivity index (χ1n) is 8.82. The molecule has 24 heavy (non-hydrogen) atoms. The lowest BCUT2D eigenvalue weighted by atomic mass is 9.90. The second kappa shape index (κ2) is 5.84. The molecular formula is C21H28ClNO. The summed E-state index contributed by atoms with van der Waals surface area (Å²) in [5.41, 5.74) is 3.71. The highest BCUT2D eigenvalue weighted by Gasteiger charge is 2.38. The van der Waals surface area contributed by atoms with Gasteiger partial charge in [0.25, 0.3) is 0 Å². The fourth-order valence-corrected chi connectivity index (χ4v) is 4.01. The van der Waals surface area contributed by atoms with Crippen LogP contribution in [0.1, 0.15) is 64.5 Å². The molecule has 2 nitrogen and oxygen atoms in total. The predicted octanol–water partition coefficient (Wildman–Crippen LogP) is 6.00. The lowest BCUT2D eigenvalue weighted by Gasteiger charge is -2.35. The van der Waals surface area contributed by atoms with Crippen molar-refractivity contribution in [1.29, 1.82) is 0 Å². The summed E-state index contributed by atoms with van der Waals surface area (Å²) in [4.78, 5) is 2.38. The third-order valence-corrected chi connectivity index (χ3v) is 5.54. The molecule has 130 valence electrons. The number of hydrogen-bond donors (Lipinski definition) is 1. The molecule has 2 aromatic carbocycles. The van der Waals surface area contributed by atoms with Gasteiger partial charge in [-0.05, 0) is 50.1 Å². The first kappa shape index (κ1) is 17.4. The zero-order chi connectivity index (χ0) is 17.8. The van der Waals surface area contributed by atoms with Crippen LogP contribution in [0.3, 0.4) is 0 Å². The molecule has 3 heteroatoms. The summed E-state index contributed by atoms with van der Waals surface area (Å²) in [6.45, 7) is 14.0. The number of phenols is 1. The Labute approximate surface area is 150 Å². The number of halogens is 1.